The summed E-state index contributed by atoms with van der Waals surface area (Å²) in [5.74, 6) is 1.06. The number of imide groups is 1. The fourth-order valence-electron chi connectivity index (χ4n) is 8.08. The standard InChI is InChI=1S/C43H51ClN10O5/c1-26-21-35(49-43-46-23-32(44)40(51-43)48-33-8-6-5-7-31(33)41(57)45-3)37(59-4)22-36(26)54-20-19-53(24-27(54)2)39(56)25-52-17-15-29(16-18-52)28-9-11-30(12-10-28)47-34-13-14-38(55)50-42(34)58/h5-12,21-23,27,29,34,47H,13-20,24-25H2,1-4H3,(H,45,57)(H,50,55,58)(H2,46,48,49,51). The van der Waals surface area contributed by atoms with Gasteiger partial charge in [0, 0.05) is 56.6 Å². The molecule has 4 heterocycles. The van der Waals surface area contributed by atoms with Crippen molar-refractivity contribution in [2.45, 2.75) is 57.5 Å². The first-order chi connectivity index (χ1) is 28.5. The lowest BCUT2D eigenvalue weighted by molar-refractivity contribution is -0.134. The topological polar surface area (TPSA) is 173 Å². The normalized spacial score (nSPS) is 18.9. The fourth-order valence-corrected chi connectivity index (χ4v) is 8.22. The van der Waals surface area contributed by atoms with Crippen LogP contribution in [0.3, 0.4) is 0 Å². The molecule has 4 aromatic rings. The number of hydrogen-bond acceptors (Lipinski definition) is 12. The number of methoxy groups -OCH3 is 1. The molecule has 0 bridgehead atoms. The quantitative estimate of drug-likeness (QED) is 0.115. The molecule has 0 radical (unpaired) electrons. The van der Waals surface area contributed by atoms with E-state index in [0.717, 1.165) is 42.9 Å². The first kappa shape index (κ1) is 41.2. The predicted molar refractivity (Wildman–Crippen MR) is 229 cm³/mol. The predicted octanol–water partition coefficient (Wildman–Crippen LogP) is 5.43. The first-order valence-corrected chi connectivity index (χ1v) is 20.4. The number of hydrogen-bond donors (Lipinski definition) is 5. The van der Waals surface area contributed by atoms with Crippen LogP contribution in [-0.2, 0) is 14.4 Å². The van der Waals surface area contributed by atoms with E-state index in [-0.39, 0.29) is 29.7 Å². The summed E-state index contributed by atoms with van der Waals surface area (Å²) in [5.41, 5.74) is 5.85. The highest BCUT2D eigenvalue weighted by molar-refractivity contribution is 6.33. The van der Waals surface area contributed by atoms with Crippen molar-refractivity contribution in [3.8, 4) is 5.75 Å². The monoisotopic (exact) mass is 822 g/mol. The number of aryl methyl sites for hydroxylation is 1. The zero-order chi connectivity index (χ0) is 41.6. The largest absolute Gasteiger partial charge is 0.494 e. The van der Waals surface area contributed by atoms with Crippen molar-refractivity contribution in [2.24, 2.45) is 0 Å². The molecular weight excluding hydrogens is 772 g/mol. The molecule has 0 aliphatic carbocycles. The van der Waals surface area contributed by atoms with Crippen LogP contribution in [0.25, 0.3) is 0 Å². The molecule has 59 heavy (non-hydrogen) atoms. The Balaban J connectivity index is 0.915. The van der Waals surface area contributed by atoms with Crippen LogP contribution in [0.4, 0.5) is 34.5 Å². The van der Waals surface area contributed by atoms with Gasteiger partial charge in [-0.1, -0.05) is 35.9 Å². The van der Waals surface area contributed by atoms with Gasteiger partial charge in [0.15, 0.2) is 5.82 Å². The zero-order valence-electron chi connectivity index (χ0n) is 33.8. The van der Waals surface area contributed by atoms with Gasteiger partial charge in [-0.05, 0) is 93.6 Å². The summed E-state index contributed by atoms with van der Waals surface area (Å²) < 4.78 is 5.84. The van der Waals surface area contributed by atoms with E-state index in [4.69, 9.17) is 16.3 Å². The highest BCUT2D eigenvalue weighted by atomic mass is 35.5. The number of carbonyl (C=O) groups is 4. The fraction of sp³-hybridized carbons (Fsp3) is 0.395. The van der Waals surface area contributed by atoms with Crippen LogP contribution in [-0.4, -0.2) is 109 Å². The molecule has 3 aliphatic heterocycles. The number of nitrogens with zero attached hydrogens (tertiary/aromatic N) is 5. The van der Waals surface area contributed by atoms with Gasteiger partial charge in [0.25, 0.3) is 5.91 Å². The number of nitrogens with one attached hydrogen (secondary N) is 5. The number of anilines is 6. The second kappa shape index (κ2) is 18.3. The van der Waals surface area contributed by atoms with E-state index in [1.54, 1.807) is 32.4 Å². The van der Waals surface area contributed by atoms with Crippen molar-refractivity contribution < 1.29 is 23.9 Å². The summed E-state index contributed by atoms with van der Waals surface area (Å²) in [7, 11) is 3.19. The van der Waals surface area contributed by atoms with Gasteiger partial charge in [-0.2, -0.15) is 4.98 Å². The number of piperazine rings is 1. The molecule has 0 saturated carbocycles. The van der Waals surface area contributed by atoms with Crippen molar-refractivity contribution in [1.82, 2.24) is 30.4 Å². The lowest BCUT2D eigenvalue weighted by Crippen LogP contribution is -2.56. The van der Waals surface area contributed by atoms with Crippen LogP contribution in [0.15, 0.2) is 66.9 Å². The Hall–Kier alpha value is -5.93. The Labute approximate surface area is 349 Å². The summed E-state index contributed by atoms with van der Waals surface area (Å²) in [4.78, 5) is 65.2. The second-order valence-corrected chi connectivity index (χ2v) is 15.7. The average molecular weight is 823 g/mol. The Kier molecular flexibility index (Phi) is 12.8. The highest BCUT2D eigenvalue weighted by Crippen LogP contribution is 2.37. The summed E-state index contributed by atoms with van der Waals surface area (Å²) >= 11 is 6.47. The number of rotatable bonds is 12. The Bertz CT molecular complexity index is 2200. The van der Waals surface area contributed by atoms with Gasteiger partial charge >= 0.3 is 0 Å². The van der Waals surface area contributed by atoms with E-state index in [9.17, 15) is 19.2 Å². The zero-order valence-corrected chi connectivity index (χ0v) is 34.6. The lowest BCUT2D eigenvalue weighted by atomic mass is 9.89. The molecular formula is C43H51ClN10O5. The van der Waals surface area contributed by atoms with Crippen molar-refractivity contribution >= 4 is 69.7 Å². The Morgan fingerprint density at radius 1 is 0.966 bits per heavy atom. The van der Waals surface area contributed by atoms with Crippen LogP contribution in [0.1, 0.15) is 60.0 Å². The third kappa shape index (κ3) is 9.69. The summed E-state index contributed by atoms with van der Waals surface area (Å²) in [6, 6.07) is 19.0. The molecule has 3 aromatic carbocycles. The van der Waals surface area contributed by atoms with E-state index in [0.29, 0.717) is 84.4 Å². The molecule has 16 heteroatoms. The molecule has 3 aliphatic rings. The molecule has 3 fully saturated rings. The second-order valence-electron chi connectivity index (χ2n) is 15.3. The van der Waals surface area contributed by atoms with Crippen molar-refractivity contribution in [2.75, 3.05) is 74.3 Å². The van der Waals surface area contributed by atoms with Gasteiger partial charge in [0.2, 0.25) is 23.7 Å². The minimum absolute atomic E-state index is 0.0824. The molecule has 3 saturated heterocycles. The maximum atomic E-state index is 13.6. The van der Waals surface area contributed by atoms with E-state index < -0.39 is 6.04 Å². The highest BCUT2D eigenvalue weighted by Gasteiger charge is 2.31. The summed E-state index contributed by atoms with van der Waals surface area (Å²) in [6.07, 6.45) is 4.27. The number of benzene rings is 3. The minimum Gasteiger partial charge on any atom is -0.494 e. The maximum Gasteiger partial charge on any atom is 0.253 e. The molecule has 5 N–H and O–H groups in total. The van der Waals surface area contributed by atoms with Crippen molar-refractivity contribution in [3.05, 3.63) is 88.6 Å². The van der Waals surface area contributed by atoms with Gasteiger partial charge in [-0.25, -0.2) is 4.98 Å². The number of aromatic nitrogens is 2. The lowest BCUT2D eigenvalue weighted by Gasteiger charge is -2.43. The van der Waals surface area contributed by atoms with E-state index in [1.165, 1.54) is 11.8 Å². The Morgan fingerprint density at radius 2 is 1.73 bits per heavy atom. The van der Waals surface area contributed by atoms with Crippen LogP contribution >= 0.6 is 11.6 Å². The van der Waals surface area contributed by atoms with Crippen LogP contribution in [0.5, 0.6) is 5.75 Å². The summed E-state index contributed by atoms with van der Waals surface area (Å²) in [6.45, 7) is 8.24. The van der Waals surface area contributed by atoms with E-state index >= 15 is 0 Å². The van der Waals surface area contributed by atoms with Gasteiger partial charge in [-0.15, -0.1) is 0 Å². The van der Waals surface area contributed by atoms with Gasteiger partial charge in [0.05, 0.1) is 36.8 Å². The molecule has 310 valence electrons. The van der Waals surface area contributed by atoms with Crippen molar-refractivity contribution in [3.63, 3.8) is 0 Å². The number of likely N-dealkylation sites (tertiary alicyclic amines) is 1. The maximum absolute atomic E-state index is 13.6. The number of piperidine rings is 2. The van der Waals surface area contributed by atoms with Crippen molar-refractivity contribution in [1.29, 1.82) is 0 Å². The number of para-hydroxylation sites is 1. The number of carbonyl (C=O) groups excluding carboxylic acids is 4. The van der Waals surface area contributed by atoms with Crippen LogP contribution in [0.2, 0.25) is 5.02 Å². The third-order valence-corrected chi connectivity index (χ3v) is 11.6. The van der Waals surface area contributed by atoms with Crippen LogP contribution in [0, 0.1) is 6.92 Å². The average Bonchev–Trinajstić information content (AvgIpc) is 3.24. The van der Waals surface area contributed by atoms with Gasteiger partial charge in [-0.3, -0.25) is 29.4 Å². The number of halogens is 1. The molecule has 7 rings (SSSR count). The SMILES string of the molecule is CNC(=O)c1ccccc1Nc1nc(Nc2cc(C)c(N3CCN(C(=O)CN4CCC(c5ccc(NC6CCC(=O)NC6=O)cc5)CC4)CC3C)cc2OC)ncc1Cl. The molecule has 15 nitrogen and oxygen atoms in total. The molecule has 1 aromatic heterocycles. The summed E-state index contributed by atoms with van der Waals surface area (Å²) in [5, 5.41) is 15.0. The number of amides is 4. The Morgan fingerprint density at radius 3 is 2.44 bits per heavy atom. The molecule has 2 unspecified atom stereocenters. The number of ether oxygens (including phenoxy) is 1. The van der Waals surface area contributed by atoms with E-state index in [1.807, 2.05) is 42.2 Å². The smallest absolute Gasteiger partial charge is 0.253 e. The molecule has 4 amide bonds. The minimum atomic E-state index is -0.405. The molecule has 2 atom stereocenters. The van der Waals surface area contributed by atoms with E-state index in [2.05, 4.69) is 65.4 Å². The van der Waals surface area contributed by atoms with Crippen LogP contribution < -0.4 is 36.2 Å². The molecule has 0 spiro atoms. The first-order valence-electron chi connectivity index (χ1n) is 20.0. The third-order valence-electron chi connectivity index (χ3n) is 11.4. The van der Waals surface area contributed by atoms with Gasteiger partial charge < -0.3 is 35.8 Å². The van der Waals surface area contributed by atoms with Gasteiger partial charge in [0.1, 0.15) is 16.8 Å².